The van der Waals surface area contributed by atoms with Crippen LogP contribution in [0.2, 0.25) is 0 Å². The summed E-state index contributed by atoms with van der Waals surface area (Å²) >= 11 is 0. The number of unbranched alkanes of at least 4 members (excludes halogenated alkanes) is 4. The van der Waals surface area contributed by atoms with Gasteiger partial charge in [-0.05, 0) is 0 Å². The molecule has 0 saturated carbocycles. The van der Waals surface area contributed by atoms with Crippen LogP contribution >= 0.6 is 0 Å². The summed E-state index contributed by atoms with van der Waals surface area (Å²) in [5.74, 6) is 0. The molecular weight excluding hydrogens is 251 g/mol. The molecule has 0 nitrogen and oxygen atoms in total. The standard InChI is InChI=1S/2C8H13.Ni/c2*1-3-5-7-8-6-4-2;/h2*3-5,7H,1,6,8H2,2H3;/q2*-1;+2. The van der Waals surface area contributed by atoms with Gasteiger partial charge in [0.2, 0.25) is 0 Å². The van der Waals surface area contributed by atoms with Gasteiger partial charge in [0.1, 0.15) is 0 Å². The number of hydrogen-bond donors (Lipinski definition) is 0. The van der Waals surface area contributed by atoms with Crippen molar-refractivity contribution in [2.45, 2.75) is 39.5 Å². The van der Waals surface area contributed by atoms with E-state index in [1.807, 2.05) is 12.2 Å². The largest absolute Gasteiger partial charge is 2.00 e. The fourth-order valence-electron chi connectivity index (χ4n) is 0.911. The van der Waals surface area contributed by atoms with E-state index >= 15 is 0 Å². The van der Waals surface area contributed by atoms with E-state index in [0.29, 0.717) is 0 Å². The molecule has 17 heavy (non-hydrogen) atoms. The molecular formula is C16H26Ni. The number of rotatable bonds is 8. The van der Waals surface area contributed by atoms with Crippen LogP contribution in [0.15, 0.2) is 49.6 Å². The Kier molecular flexibility index (Phi) is 31.4. The Morgan fingerprint density at radius 1 is 0.824 bits per heavy atom. The summed E-state index contributed by atoms with van der Waals surface area (Å²) in [5, 5.41) is 0. The van der Waals surface area contributed by atoms with E-state index in [1.165, 1.54) is 12.8 Å². The second kappa shape index (κ2) is 24.6. The molecule has 0 fully saturated rings. The zero-order valence-electron chi connectivity index (χ0n) is 11.2. The maximum absolute atomic E-state index is 3.56. The molecule has 0 aromatic heterocycles. The molecule has 0 spiro atoms. The quantitative estimate of drug-likeness (QED) is 0.239. The minimum absolute atomic E-state index is 0. The molecule has 0 aromatic carbocycles. The zero-order chi connectivity index (χ0) is 12.5. The summed E-state index contributed by atoms with van der Waals surface area (Å²) in [5.41, 5.74) is 0. The first kappa shape index (κ1) is 21.7. The van der Waals surface area contributed by atoms with Gasteiger partial charge in [-0.1, -0.05) is 62.5 Å². The van der Waals surface area contributed by atoms with Gasteiger partial charge < -0.3 is 12.8 Å². The van der Waals surface area contributed by atoms with E-state index in [-0.39, 0.29) is 16.5 Å². The second-order valence-electron chi connectivity index (χ2n) is 3.30. The first-order valence-electron chi connectivity index (χ1n) is 5.94. The SMILES string of the molecule is C=CC=CCC[CH-]C.C=CC=CCC[CH-]C.[Ni+2]. The van der Waals surface area contributed by atoms with Crippen LogP contribution < -0.4 is 0 Å². The monoisotopic (exact) mass is 276 g/mol. The molecule has 0 aliphatic heterocycles. The smallest absolute Gasteiger partial charge is 0.331 e. The Morgan fingerprint density at radius 3 is 1.41 bits per heavy atom. The van der Waals surface area contributed by atoms with Gasteiger partial charge in [0, 0.05) is 0 Å². The third-order valence-corrected chi connectivity index (χ3v) is 1.79. The first-order valence-corrected chi connectivity index (χ1v) is 5.94. The summed E-state index contributed by atoms with van der Waals surface area (Å²) < 4.78 is 0. The van der Waals surface area contributed by atoms with Gasteiger partial charge >= 0.3 is 16.5 Å². The molecule has 0 atom stereocenters. The summed E-state index contributed by atoms with van der Waals surface area (Å²) in [7, 11) is 0. The van der Waals surface area contributed by atoms with Gasteiger partial charge in [0.25, 0.3) is 0 Å². The predicted molar refractivity (Wildman–Crippen MR) is 77.1 cm³/mol. The summed E-state index contributed by atoms with van der Waals surface area (Å²) in [4.78, 5) is 0. The molecule has 0 unspecified atom stereocenters. The molecule has 0 amide bonds. The van der Waals surface area contributed by atoms with Crippen LogP contribution in [0.3, 0.4) is 0 Å². The van der Waals surface area contributed by atoms with Crippen LogP contribution in [0, 0.1) is 12.8 Å². The van der Waals surface area contributed by atoms with E-state index in [1.54, 1.807) is 12.2 Å². The molecule has 0 aliphatic carbocycles. The van der Waals surface area contributed by atoms with Crippen molar-refractivity contribution in [3.05, 3.63) is 62.5 Å². The van der Waals surface area contributed by atoms with Crippen LogP contribution in [0.25, 0.3) is 0 Å². The molecule has 0 aromatic rings. The third kappa shape index (κ3) is 31.3. The average molecular weight is 277 g/mol. The molecule has 0 radical (unpaired) electrons. The molecule has 0 heterocycles. The van der Waals surface area contributed by atoms with Crippen molar-refractivity contribution in [3.63, 3.8) is 0 Å². The molecule has 0 rings (SSSR count). The molecule has 0 saturated heterocycles. The summed E-state index contributed by atoms with van der Waals surface area (Å²) in [6, 6.07) is 0. The number of hydrogen-bond acceptors (Lipinski definition) is 0. The van der Waals surface area contributed by atoms with E-state index in [0.717, 1.165) is 12.8 Å². The Hall–Kier alpha value is -0.546. The third-order valence-electron chi connectivity index (χ3n) is 1.79. The van der Waals surface area contributed by atoms with Gasteiger partial charge in [-0.15, -0.1) is 0 Å². The Balaban J connectivity index is -0.000000218. The first-order chi connectivity index (χ1) is 7.83. The number of allylic oxidation sites excluding steroid dienone is 6. The van der Waals surface area contributed by atoms with Crippen LogP contribution in [0.5, 0.6) is 0 Å². The normalized spacial score (nSPS) is 9.53. The minimum atomic E-state index is 0. The van der Waals surface area contributed by atoms with E-state index < -0.39 is 0 Å². The summed E-state index contributed by atoms with van der Waals surface area (Å²) in [6.07, 6.45) is 20.7. The van der Waals surface area contributed by atoms with Crippen LogP contribution in [0.1, 0.15) is 39.5 Å². The fraction of sp³-hybridized carbons (Fsp3) is 0.375. The van der Waals surface area contributed by atoms with Crippen molar-refractivity contribution in [2.24, 2.45) is 0 Å². The van der Waals surface area contributed by atoms with Crippen molar-refractivity contribution >= 4 is 0 Å². The Bertz CT molecular complexity index is 168. The molecule has 1 heteroatoms. The van der Waals surface area contributed by atoms with Gasteiger partial charge in [0.15, 0.2) is 0 Å². The van der Waals surface area contributed by atoms with Crippen molar-refractivity contribution in [3.8, 4) is 0 Å². The van der Waals surface area contributed by atoms with E-state index in [2.05, 4.69) is 52.0 Å². The van der Waals surface area contributed by atoms with Gasteiger partial charge in [-0.2, -0.15) is 26.7 Å². The van der Waals surface area contributed by atoms with Crippen LogP contribution in [-0.4, -0.2) is 0 Å². The zero-order valence-corrected chi connectivity index (χ0v) is 12.2. The Morgan fingerprint density at radius 2 is 1.18 bits per heavy atom. The Labute approximate surface area is 119 Å². The maximum Gasteiger partial charge on any atom is 2.00 e. The minimum Gasteiger partial charge on any atom is -0.331 e. The predicted octanol–water partition coefficient (Wildman–Crippen LogP) is 5.46. The topological polar surface area (TPSA) is 0 Å². The molecule has 0 N–H and O–H groups in total. The molecule has 0 bridgehead atoms. The van der Waals surface area contributed by atoms with Crippen molar-refractivity contribution < 1.29 is 16.5 Å². The molecule has 100 valence electrons. The van der Waals surface area contributed by atoms with Crippen molar-refractivity contribution in [1.82, 2.24) is 0 Å². The van der Waals surface area contributed by atoms with Crippen molar-refractivity contribution in [2.75, 3.05) is 0 Å². The maximum atomic E-state index is 3.56. The fourth-order valence-corrected chi connectivity index (χ4v) is 0.911. The average Bonchev–Trinajstić information content (AvgIpc) is 2.31. The van der Waals surface area contributed by atoms with E-state index in [9.17, 15) is 0 Å². The van der Waals surface area contributed by atoms with Crippen molar-refractivity contribution in [1.29, 1.82) is 0 Å². The van der Waals surface area contributed by atoms with Gasteiger partial charge in [-0.25, -0.2) is 0 Å². The van der Waals surface area contributed by atoms with E-state index in [4.69, 9.17) is 0 Å². The molecule has 0 aliphatic rings. The van der Waals surface area contributed by atoms with Crippen LogP contribution in [-0.2, 0) is 16.5 Å². The second-order valence-corrected chi connectivity index (χ2v) is 3.30. The van der Waals surface area contributed by atoms with Gasteiger partial charge in [-0.3, -0.25) is 0 Å². The van der Waals surface area contributed by atoms with Gasteiger partial charge in [0.05, 0.1) is 0 Å². The van der Waals surface area contributed by atoms with Crippen LogP contribution in [0.4, 0.5) is 0 Å². The summed E-state index contributed by atoms with van der Waals surface area (Å²) in [6.45, 7) is 11.3.